The van der Waals surface area contributed by atoms with E-state index in [1.165, 1.54) is 14.2 Å². The smallest absolute Gasteiger partial charge is 0.310 e. The number of methoxy groups -OCH3 is 2. The molecule has 0 bridgehead atoms. The molecule has 0 saturated carbocycles. The summed E-state index contributed by atoms with van der Waals surface area (Å²) in [6.45, 7) is 2.24. The van der Waals surface area contributed by atoms with E-state index >= 15 is 0 Å². The molecule has 2 aromatic carbocycles. The van der Waals surface area contributed by atoms with E-state index in [2.05, 4.69) is 10.6 Å². The lowest BCUT2D eigenvalue weighted by atomic mass is 9.65. The van der Waals surface area contributed by atoms with Crippen LogP contribution >= 0.6 is 0 Å². The largest absolute Gasteiger partial charge is 0.502 e. The van der Waals surface area contributed by atoms with Crippen LogP contribution in [0.1, 0.15) is 47.9 Å². The van der Waals surface area contributed by atoms with Crippen molar-refractivity contribution in [1.29, 1.82) is 0 Å². The molecule has 2 unspecified atom stereocenters. The number of unbranched alkanes of at least 4 members (excludes halogenated alkanes) is 1. The zero-order chi connectivity index (χ0) is 27.5. The molecule has 0 aromatic heterocycles. The Labute approximate surface area is 226 Å². The van der Waals surface area contributed by atoms with Crippen LogP contribution in [-0.4, -0.2) is 64.2 Å². The number of aromatic hydroxyl groups is 1. The van der Waals surface area contributed by atoms with Crippen molar-refractivity contribution in [3.05, 3.63) is 41.0 Å². The Morgan fingerprint density at radius 2 is 1.72 bits per heavy atom. The third-order valence-electron chi connectivity index (χ3n) is 7.70. The maximum Gasteiger partial charge on any atom is 0.310 e. The quantitative estimate of drug-likeness (QED) is 0.245. The lowest BCUT2D eigenvalue weighted by Crippen LogP contribution is -2.43. The molecule has 5 N–H and O–H groups in total. The Bertz CT molecular complexity index is 1210. The van der Waals surface area contributed by atoms with Gasteiger partial charge >= 0.3 is 5.97 Å². The number of carbonyl (C=O) groups excluding carboxylic acids is 2. The number of benzene rings is 2. The van der Waals surface area contributed by atoms with E-state index in [0.29, 0.717) is 36.6 Å². The average Bonchev–Trinajstić information content (AvgIpc) is 3.56. The van der Waals surface area contributed by atoms with Gasteiger partial charge in [0, 0.05) is 24.8 Å². The monoisotopic (exact) mass is 541 g/mol. The second-order valence-corrected chi connectivity index (χ2v) is 9.95. The molecule has 2 aliphatic heterocycles. The summed E-state index contributed by atoms with van der Waals surface area (Å²) in [5, 5.41) is 17.0. The lowest BCUT2D eigenvalue weighted by molar-refractivity contribution is -0.141. The van der Waals surface area contributed by atoms with Gasteiger partial charge in [-0.25, -0.2) is 0 Å². The van der Waals surface area contributed by atoms with Crippen molar-refractivity contribution >= 4 is 11.9 Å². The average molecular weight is 542 g/mol. The normalized spacial score (nSPS) is 22.6. The van der Waals surface area contributed by atoms with E-state index in [0.717, 1.165) is 30.5 Å². The van der Waals surface area contributed by atoms with Crippen molar-refractivity contribution in [3.8, 4) is 28.7 Å². The molecule has 210 valence electrons. The van der Waals surface area contributed by atoms with E-state index in [-0.39, 0.29) is 48.4 Å². The summed E-state index contributed by atoms with van der Waals surface area (Å²) in [7, 11) is 2.91. The van der Waals surface area contributed by atoms with Crippen molar-refractivity contribution in [2.24, 2.45) is 17.6 Å². The van der Waals surface area contributed by atoms with Gasteiger partial charge in [-0.3, -0.25) is 9.59 Å². The Morgan fingerprint density at radius 1 is 1.03 bits per heavy atom. The zero-order valence-corrected chi connectivity index (χ0v) is 22.2. The molecule has 0 spiro atoms. The highest BCUT2D eigenvalue weighted by atomic mass is 16.7. The fraction of sp³-hybridized carbons (Fsp3) is 0.500. The van der Waals surface area contributed by atoms with Crippen molar-refractivity contribution in [2.75, 3.05) is 47.3 Å². The molecule has 4 atom stereocenters. The van der Waals surface area contributed by atoms with Crippen LogP contribution in [0.4, 0.5) is 0 Å². The Balaban J connectivity index is 1.51. The van der Waals surface area contributed by atoms with Crippen molar-refractivity contribution < 1.29 is 38.4 Å². The van der Waals surface area contributed by atoms with E-state index < -0.39 is 17.9 Å². The number of rotatable bonds is 11. The van der Waals surface area contributed by atoms with E-state index in [1.54, 1.807) is 12.1 Å². The fourth-order valence-corrected chi connectivity index (χ4v) is 5.81. The molecule has 2 heterocycles. The summed E-state index contributed by atoms with van der Waals surface area (Å²) >= 11 is 0. The molecule has 2 aromatic rings. The Morgan fingerprint density at radius 3 is 2.38 bits per heavy atom. The molecular weight excluding hydrogens is 506 g/mol. The van der Waals surface area contributed by atoms with Gasteiger partial charge in [0.05, 0.1) is 32.8 Å². The number of nitrogens with one attached hydrogen (secondary N) is 2. The highest BCUT2D eigenvalue weighted by Gasteiger charge is 2.53. The van der Waals surface area contributed by atoms with Gasteiger partial charge in [0.2, 0.25) is 18.4 Å². The third-order valence-corrected chi connectivity index (χ3v) is 7.70. The highest BCUT2D eigenvalue weighted by Crippen LogP contribution is 2.55. The van der Waals surface area contributed by atoms with Gasteiger partial charge < -0.3 is 45.2 Å². The molecule has 11 heteroatoms. The van der Waals surface area contributed by atoms with Crippen molar-refractivity contribution in [2.45, 2.75) is 31.2 Å². The summed E-state index contributed by atoms with van der Waals surface area (Å²) < 4.78 is 27.7. The predicted molar refractivity (Wildman–Crippen MR) is 140 cm³/mol. The summed E-state index contributed by atoms with van der Waals surface area (Å²) in [6.07, 6.45) is 2.19. The van der Waals surface area contributed by atoms with Gasteiger partial charge in [-0.1, -0.05) is 0 Å². The number of phenols is 1. The van der Waals surface area contributed by atoms with Gasteiger partial charge in [0.15, 0.2) is 23.0 Å². The molecule has 3 aliphatic rings. The second-order valence-electron chi connectivity index (χ2n) is 9.95. The highest BCUT2D eigenvalue weighted by molar-refractivity contribution is 5.81. The number of nitrogens with two attached hydrogens (primary N) is 1. The number of fused-ring (bicyclic) bond motifs is 3. The second kappa shape index (κ2) is 11.6. The molecule has 1 saturated heterocycles. The first-order chi connectivity index (χ1) is 19.0. The fourth-order valence-electron chi connectivity index (χ4n) is 5.81. The number of amides is 1. The first-order valence-corrected chi connectivity index (χ1v) is 13.2. The molecule has 1 amide bonds. The summed E-state index contributed by atoms with van der Waals surface area (Å²) in [4.78, 5) is 26.3. The number of carbonyl (C=O) groups is 2. The molecule has 5 rings (SSSR count). The molecule has 0 radical (unpaired) electrons. The molecule has 39 heavy (non-hydrogen) atoms. The van der Waals surface area contributed by atoms with Crippen LogP contribution < -0.4 is 35.3 Å². The number of hydrogen-bond donors (Lipinski definition) is 4. The van der Waals surface area contributed by atoms with Gasteiger partial charge in [0.1, 0.15) is 0 Å². The van der Waals surface area contributed by atoms with E-state index in [9.17, 15) is 14.7 Å². The molecule has 11 nitrogen and oxygen atoms in total. The first kappa shape index (κ1) is 26.9. The lowest BCUT2D eigenvalue weighted by Gasteiger charge is -2.39. The maximum atomic E-state index is 13.2. The Hall–Kier alpha value is -3.70. The summed E-state index contributed by atoms with van der Waals surface area (Å²) in [6, 6.07) is 6.69. The van der Waals surface area contributed by atoms with Gasteiger partial charge in [0.25, 0.3) is 0 Å². The van der Waals surface area contributed by atoms with Crippen LogP contribution in [0.5, 0.6) is 28.7 Å². The Kier molecular flexibility index (Phi) is 7.99. The minimum absolute atomic E-state index is 0.0888. The van der Waals surface area contributed by atoms with E-state index in [4.69, 9.17) is 29.4 Å². The first-order valence-electron chi connectivity index (χ1n) is 13.2. The number of phenolic OH excluding ortho intramolecular Hbond substituents is 1. The zero-order valence-electron chi connectivity index (χ0n) is 22.2. The predicted octanol–water partition coefficient (Wildman–Crippen LogP) is 1.95. The maximum absolute atomic E-state index is 13.2. The van der Waals surface area contributed by atoms with Gasteiger partial charge in [-0.05, 0) is 66.9 Å². The molecule has 1 aliphatic carbocycles. The minimum Gasteiger partial charge on any atom is -0.502 e. The van der Waals surface area contributed by atoms with Crippen LogP contribution in [-0.2, 0) is 14.3 Å². The van der Waals surface area contributed by atoms with Crippen LogP contribution in [0.2, 0.25) is 0 Å². The van der Waals surface area contributed by atoms with Crippen LogP contribution in [0.15, 0.2) is 24.3 Å². The van der Waals surface area contributed by atoms with Crippen LogP contribution in [0, 0.1) is 11.8 Å². The van der Waals surface area contributed by atoms with Crippen LogP contribution in [0.3, 0.4) is 0 Å². The number of hydrogen-bond acceptors (Lipinski definition) is 10. The third kappa shape index (κ3) is 5.16. The SMILES string of the molecule is COc1cc([C@@H]2c3cc4c(cc3C(NC(=O)CCNCCCCN)C3COC(=O)[C@@H]32)OCO4)cc(OC)c1O. The summed E-state index contributed by atoms with van der Waals surface area (Å²) in [5.74, 6) is -0.370. The summed E-state index contributed by atoms with van der Waals surface area (Å²) in [5.41, 5.74) is 7.88. The van der Waals surface area contributed by atoms with Crippen molar-refractivity contribution in [3.63, 3.8) is 0 Å². The molecule has 1 fully saturated rings. The van der Waals surface area contributed by atoms with Crippen LogP contribution in [0.25, 0.3) is 0 Å². The number of cyclic esters (lactones) is 1. The van der Waals surface area contributed by atoms with Gasteiger partial charge in [-0.15, -0.1) is 0 Å². The van der Waals surface area contributed by atoms with Crippen molar-refractivity contribution in [1.82, 2.24) is 10.6 Å². The molecular formula is C28H35N3O8. The number of esters is 1. The number of ether oxygens (including phenoxy) is 5. The minimum atomic E-state index is -0.587. The topological polar surface area (TPSA) is 151 Å². The van der Waals surface area contributed by atoms with E-state index in [1.807, 2.05) is 12.1 Å². The van der Waals surface area contributed by atoms with Gasteiger partial charge in [-0.2, -0.15) is 0 Å². The standard InChI is InChI=1S/C28H35N3O8/c1-35-21-9-15(10-22(36-2)27(21)33)24-16-11-19-20(39-14-38-19)12-17(16)26(18-13-37-28(34)25(18)24)31-23(32)5-8-30-7-4-3-6-29/h9-12,18,24-26,30,33H,3-8,13-14,29H2,1-2H3,(H,31,32)/t18?,24-,25+,26?/m1/s1.